The van der Waals surface area contributed by atoms with Crippen molar-refractivity contribution in [3.05, 3.63) is 63.9 Å². The van der Waals surface area contributed by atoms with E-state index in [1.54, 1.807) is 24.3 Å². The maximum Gasteiger partial charge on any atom is 0.256 e. The largest absolute Gasteiger partial charge is 0.399 e. The number of pyridine rings is 1. The molecule has 0 unspecified atom stereocenters. The van der Waals surface area contributed by atoms with Crippen molar-refractivity contribution in [3.63, 3.8) is 0 Å². The molecule has 0 saturated carbocycles. The summed E-state index contributed by atoms with van der Waals surface area (Å²) in [4.78, 5) is 27.5. The van der Waals surface area contributed by atoms with Crippen molar-refractivity contribution in [2.45, 2.75) is 0 Å². The smallest absolute Gasteiger partial charge is 0.256 e. The van der Waals surface area contributed by atoms with Crippen LogP contribution in [0.15, 0.2) is 47.3 Å². The Morgan fingerprint density at radius 2 is 1.65 bits per heavy atom. The molecule has 96 valence electrons. The van der Waals surface area contributed by atoms with Gasteiger partial charge in [-0.25, -0.2) is 0 Å². The van der Waals surface area contributed by atoms with Crippen LogP contribution >= 0.6 is 0 Å². The average Bonchev–Trinajstić information content (AvgIpc) is 2.73. The Labute approximate surface area is 113 Å². The van der Waals surface area contributed by atoms with Gasteiger partial charge in [-0.05, 0) is 18.2 Å². The number of benzene rings is 2. The van der Waals surface area contributed by atoms with Gasteiger partial charge in [-0.15, -0.1) is 0 Å². The Morgan fingerprint density at radius 3 is 2.45 bits per heavy atom. The quantitative estimate of drug-likeness (QED) is 0.477. The second kappa shape index (κ2) is 3.57. The van der Waals surface area contributed by atoms with Crippen LogP contribution in [0.1, 0.15) is 15.9 Å². The van der Waals surface area contributed by atoms with E-state index in [4.69, 9.17) is 5.73 Å². The highest BCUT2D eigenvalue weighted by molar-refractivity contribution is 6.26. The number of nitrogen functional groups attached to an aromatic ring is 1. The van der Waals surface area contributed by atoms with Crippen LogP contribution in [0.2, 0.25) is 0 Å². The summed E-state index contributed by atoms with van der Waals surface area (Å²) < 4.78 is 0. The number of anilines is 1. The zero-order valence-corrected chi connectivity index (χ0v) is 10.4. The van der Waals surface area contributed by atoms with Crippen LogP contribution in [0.25, 0.3) is 22.0 Å². The molecule has 2 aromatic carbocycles. The fourth-order valence-electron chi connectivity index (χ4n) is 2.82. The molecule has 0 spiro atoms. The van der Waals surface area contributed by atoms with Crippen molar-refractivity contribution in [2.24, 2.45) is 0 Å². The number of carbonyl (C=O) groups is 1. The molecule has 0 aliphatic heterocycles. The summed E-state index contributed by atoms with van der Waals surface area (Å²) in [6.07, 6.45) is 0. The zero-order chi connectivity index (χ0) is 13.9. The van der Waals surface area contributed by atoms with Gasteiger partial charge >= 0.3 is 0 Å². The van der Waals surface area contributed by atoms with Gasteiger partial charge in [-0.2, -0.15) is 0 Å². The SMILES string of the molecule is Nc1ccc2c(=O)[nH]c3c(c2c1)C(=O)c1ccccc1-3. The number of ketones is 1. The van der Waals surface area contributed by atoms with Gasteiger partial charge in [0.05, 0.1) is 11.3 Å². The third-order valence-electron chi connectivity index (χ3n) is 3.71. The molecule has 4 rings (SSSR count). The molecule has 1 aromatic heterocycles. The number of nitrogens with two attached hydrogens (primary N) is 1. The molecular weight excluding hydrogens is 252 g/mol. The zero-order valence-electron chi connectivity index (χ0n) is 10.4. The van der Waals surface area contributed by atoms with Gasteiger partial charge in [-0.1, -0.05) is 24.3 Å². The molecule has 0 bridgehead atoms. The molecule has 1 aliphatic rings. The molecule has 1 aliphatic carbocycles. The van der Waals surface area contributed by atoms with Crippen LogP contribution in [-0.2, 0) is 0 Å². The van der Waals surface area contributed by atoms with E-state index >= 15 is 0 Å². The lowest BCUT2D eigenvalue weighted by atomic mass is 10.0. The van der Waals surface area contributed by atoms with Gasteiger partial charge in [0, 0.05) is 27.6 Å². The van der Waals surface area contributed by atoms with Gasteiger partial charge in [0.25, 0.3) is 5.56 Å². The Kier molecular flexibility index (Phi) is 1.96. The first-order chi connectivity index (χ1) is 9.66. The Morgan fingerprint density at radius 1 is 0.900 bits per heavy atom. The lowest BCUT2D eigenvalue weighted by molar-refractivity contribution is 0.104. The molecule has 3 N–H and O–H groups in total. The summed E-state index contributed by atoms with van der Waals surface area (Å²) in [5.74, 6) is -0.0672. The first-order valence-electron chi connectivity index (χ1n) is 6.26. The second-order valence-electron chi connectivity index (χ2n) is 4.88. The third kappa shape index (κ3) is 1.25. The normalized spacial score (nSPS) is 12.5. The number of hydrogen-bond acceptors (Lipinski definition) is 3. The second-order valence-corrected chi connectivity index (χ2v) is 4.88. The molecule has 0 atom stereocenters. The number of fused-ring (bicyclic) bond motifs is 5. The van der Waals surface area contributed by atoms with Crippen molar-refractivity contribution in [3.8, 4) is 11.3 Å². The van der Waals surface area contributed by atoms with E-state index in [1.807, 2.05) is 18.2 Å². The fraction of sp³-hybridized carbons (Fsp3) is 0. The first kappa shape index (κ1) is 11.0. The highest BCUT2D eigenvalue weighted by Gasteiger charge is 2.29. The van der Waals surface area contributed by atoms with Crippen LogP contribution in [0, 0.1) is 0 Å². The van der Waals surface area contributed by atoms with E-state index in [2.05, 4.69) is 4.98 Å². The predicted octanol–water partition coefficient (Wildman–Crippen LogP) is 2.32. The van der Waals surface area contributed by atoms with Crippen LogP contribution in [0.4, 0.5) is 5.69 Å². The number of hydrogen-bond donors (Lipinski definition) is 2. The van der Waals surface area contributed by atoms with Crippen molar-refractivity contribution in [1.29, 1.82) is 0 Å². The standard InChI is InChI=1S/C16H10N2O2/c17-8-5-6-11-12(7-8)13-14(18-16(11)20)9-3-1-2-4-10(9)15(13)19/h1-7H,17H2,(H,18,20). The summed E-state index contributed by atoms with van der Waals surface area (Å²) in [7, 11) is 0. The minimum absolute atomic E-state index is 0.0672. The number of carbonyl (C=O) groups excluding carboxylic acids is 1. The Balaban J connectivity index is 2.24. The molecular formula is C16H10N2O2. The maximum atomic E-state index is 12.6. The fourth-order valence-corrected chi connectivity index (χ4v) is 2.82. The van der Waals surface area contributed by atoms with Crippen molar-refractivity contribution in [1.82, 2.24) is 4.98 Å². The van der Waals surface area contributed by atoms with Gasteiger partial charge in [0.1, 0.15) is 0 Å². The van der Waals surface area contributed by atoms with E-state index < -0.39 is 0 Å². The molecule has 0 radical (unpaired) electrons. The highest BCUT2D eigenvalue weighted by Crippen LogP contribution is 2.37. The van der Waals surface area contributed by atoms with E-state index in [0.29, 0.717) is 33.3 Å². The highest BCUT2D eigenvalue weighted by atomic mass is 16.1. The van der Waals surface area contributed by atoms with Crippen molar-refractivity contribution >= 4 is 22.2 Å². The Bertz CT molecular complexity index is 954. The van der Waals surface area contributed by atoms with E-state index in [0.717, 1.165) is 5.56 Å². The first-order valence-corrected chi connectivity index (χ1v) is 6.26. The summed E-state index contributed by atoms with van der Waals surface area (Å²) in [6.45, 7) is 0. The minimum Gasteiger partial charge on any atom is -0.399 e. The number of nitrogens with one attached hydrogen (secondary N) is 1. The molecule has 1 heterocycles. The average molecular weight is 262 g/mol. The van der Waals surface area contributed by atoms with Gasteiger partial charge in [0.2, 0.25) is 0 Å². The van der Waals surface area contributed by atoms with Gasteiger partial charge in [-0.3, -0.25) is 9.59 Å². The number of aromatic amines is 1. The minimum atomic E-state index is -0.205. The lowest BCUT2D eigenvalue weighted by Crippen LogP contribution is -2.10. The predicted molar refractivity (Wildman–Crippen MR) is 77.8 cm³/mol. The summed E-state index contributed by atoms with van der Waals surface area (Å²) in [6, 6.07) is 12.3. The van der Waals surface area contributed by atoms with Gasteiger partial charge in [0.15, 0.2) is 5.78 Å². The maximum absolute atomic E-state index is 12.6. The Hall–Kier alpha value is -2.88. The topological polar surface area (TPSA) is 76.0 Å². The summed E-state index contributed by atoms with van der Waals surface area (Å²) in [5, 5.41) is 1.10. The van der Waals surface area contributed by atoms with Gasteiger partial charge < -0.3 is 10.7 Å². The number of rotatable bonds is 0. The van der Waals surface area contributed by atoms with E-state index in [1.165, 1.54) is 0 Å². The number of aromatic nitrogens is 1. The molecule has 4 heteroatoms. The molecule has 3 aromatic rings. The van der Waals surface area contributed by atoms with E-state index in [9.17, 15) is 9.59 Å². The van der Waals surface area contributed by atoms with Crippen LogP contribution in [0.3, 0.4) is 0 Å². The van der Waals surface area contributed by atoms with Crippen molar-refractivity contribution < 1.29 is 4.79 Å². The van der Waals surface area contributed by atoms with Crippen LogP contribution < -0.4 is 11.3 Å². The monoisotopic (exact) mass is 262 g/mol. The summed E-state index contributed by atoms with van der Waals surface area (Å²) in [5.41, 5.74) is 8.64. The van der Waals surface area contributed by atoms with E-state index in [-0.39, 0.29) is 11.3 Å². The third-order valence-corrected chi connectivity index (χ3v) is 3.71. The summed E-state index contributed by atoms with van der Waals surface area (Å²) >= 11 is 0. The molecule has 0 saturated heterocycles. The molecule has 0 fully saturated rings. The van der Waals surface area contributed by atoms with Crippen LogP contribution in [0.5, 0.6) is 0 Å². The van der Waals surface area contributed by atoms with Crippen LogP contribution in [-0.4, -0.2) is 10.8 Å². The van der Waals surface area contributed by atoms with Crippen molar-refractivity contribution in [2.75, 3.05) is 5.73 Å². The molecule has 0 amide bonds. The molecule has 4 nitrogen and oxygen atoms in total. The number of H-pyrrole nitrogens is 1. The lowest BCUT2D eigenvalue weighted by Gasteiger charge is -2.05. The molecule has 20 heavy (non-hydrogen) atoms.